The van der Waals surface area contributed by atoms with Gasteiger partial charge in [0.05, 0.1) is 41.2 Å². The summed E-state index contributed by atoms with van der Waals surface area (Å²) < 4.78 is 12.2. The number of aliphatic hydroxyl groups is 1. The van der Waals surface area contributed by atoms with Crippen molar-refractivity contribution in [1.82, 2.24) is 9.55 Å². The number of nitriles is 1. The van der Waals surface area contributed by atoms with Crippen LogP contribution in [-0.4, -0.2) is 27.2 Å². The number of carbonyl (C=O) groups excluding carboxylic acids is 1. The summed E-state index contributed by atoms with van der Waals surface area (Å²) in [4.78, 5) is 30.2. The number of benzene rings is 1. The van der Waals surface area contributed by atoms with Gasteiger partial charge in [-0.1, -0.05) is 6.92 Å². The van der Waals surface area contributed by atoms with Crippen LogP contribution < -0.4 is 10.3 Å². The molecule has 1 atom stereocenters. The highest BCUT2D eigenvalue weighted by atomic mass is 16.6. The zero-order valence-corrected chi connectivity index (χ0v) is 17.1. The predicted molar refractivity (Wildman–Crippen MR) is 110 cm³/mol. The first-order valence-corrected chi connectivity index (χ1v) is 10.1. The van der Waals surface area contributed by atoms with E-state index in [-0.39, 0.29) is 36.3 Å². The van der Waals surface area contributed by atoms with Crippen molar-refractivity contribution in [1.29, 1.82) is 5.26 Å². The molecule has 1 aromatic carbocycles. The van der Waals surface area contributed by atoms with E-state index >= 15 is 0 Å². The molecule has 0 radical (unpaired) electrons. The minimum atomic E-state index is -1.88. The van der Waals surface area contributed by atoms with Crippen molar-refractivity contribution in [2.75, 3.05) is 6.61 Å². The highest BCUT2D eigenvalue weighted by molar-refractivity contribution is 5.91. The van der Waals surface area contributed by atoms with Crippen LogP contribution >= 0.6 is 0 Å². The van der Waals surface area contributed by atoms with E-state index < -0.39 is 11.6 Å². The highest BCUT2D eigenvalue weighted by Crippen LogP contribution is 2.40. The quantitative estimate of drug-likeness (QED) is 0.509. The Kier molecular flexibility index (Phi) is 4.14. The van der Waals surface area contributed by atoms with E-state index in [0.29, 0.717) is 45.8 Å². The van der Waals surface area contributed by atoms with Crippen LogP contribution in [0, 0.1) is 11.3 Å². The molecule has 8 nitrogen and oxygen atoms in total. The molecule has 0 fully saturated rings. The molecule has 1 unspecified atom stereocenters. The highest BCUT2D eigenvalue weighted by Gasteiger charge is 2.45. The topological polar surface area (TPSA) is 114 Å². The average Bonchev–Trinajstić information content (AvgIpc) is 3.14. The third-order valence-corrected chi connectivity index (χ3v) is 6.08. The van der Waals surface area contributed by atoms with Gasteiger partial charge in [-0.3, -0.25) is 4.79 Å². The van der Waals surface area contributed by atoms with Crippen LogP contribution in [-0.2, 0) is 28.3 Å². The van der Waals surface area contributed by atoms with Crippen LogP contribution in [0.5, 0.6) is 5.75 Å². The Hall–Kier alpha value is -3.70. The number of nitrogens with zero attached hydrogens (tertiary/aromatic N) is 3. The maximum atomic E-state index is 13.2. The van der Waals surface area contributed by atoms with Crippen LogP contribution in [0.3, 0.4) is 0 Å². The van der Waals surface area contributed by atoms with Gasteiger partial charge in [0.1, 0.15) is 18.4 Å². The van der Waals surface area contributed by atoms with Crippen molar-refractivity contribution in [2.45, 2.75) is 39.0 Å². The molecule has 5 rings (SSSR count). The summed E-state index contributed by atoms with van der Waals surface area (Å²) in [6, 6.07) is 9.24. The largest absolute Gasteiger partial charge is 0.494 e. The van der Waals surface area contributed by atoms with Gasteiger partial charge in [0.15, 0.2) is 5.60 Å². The third-order valence-electron chi connectivity index (χ3n) is 6.08. The van der Waals surface area contributed by atoms with Crippen LogP contribution in [0.1, 0.15) is 42.5 Å². The number of esters is 1. The molecule has 31 heavy (non-hydrogen) atoms. The fourth-order valence-electron chi connectivity index (χ4n) is 4.44. The van der Waals surface area contributed by atoms with Gasteiger partial charge in [0.2, 0.25) is 0 Å². The van der Waals surface area contributed by atoms with E-state index in [2.05, 4.69) is 6.07 Å². The van der Waals surface area contributed by atoms with Crippen molar-refractivity contribution >= 4 is 16.9 Å². The lowest BCUT2D eigenvalue weighted by molar-refractivity contribution is -0.172. The summed E-state index contributed by atoms with van der Waals surface area (Å²) in [5.74, 6) is -0.127. The lowest BCUT2D eigenvalue weighted by atomic mass is 9.86. The molecule has 156 valence electrons. The number of hydrogen-bond donors (Lipinski definition) is 1. The molecule has 0 saturated carbocycles. The number of rotatable bonds is 3. The molecule has 0 amide bonds. The van der Waals surface area contributed by atoms with Gasteiger partial charge in [-0.05, 0) is 37.6 Å². The number of pyridine rings is 2. The van der Waals surface area contributed by atoms with Gasteiger partial charge >= 0.3 is 5.97 Å². The lowest BCUT2D eigenvalue weighted by Gasteiger charge is -2.31. The van der Waals surface area contributed by atoms with E-state index in [1.54, 1.807) is 31.2 Å². The second-order valence-corrected chi connectivity index (χ2v) is 7.64. The Balaban J connectivity index is 1.79. The summed E-state index contributed by atoms with van der Waals surface area (Å²) in [6.07, 6.45) is 0.0728. The lowest BCUT2D eigenvalue weighted by Crippen LogP contribution is -2.44. The van der Waals surface area contributed by atoms with Crippen molar-refractivity contribution in [3.63, 3.8) is 0 Å². The zero-order chi connectivity index (χ0) is 21.9. The molecule has 2 aliphatic heterocycles. The molecule has 4 heterocycles. The molecule has 0 aliphatic carbocycles. The van der Waals surface area contributed by atoms with E-state index in [0.717, 1.165) is 0 Å². The Bertz CT molecular complexity index is 1380. The van der Waals surface area contributed by atoms with Crippen molar-refractivity contribution < 1.29 is 19.4 Å². The van der Waals surface area contributed by atoms with Crippen molar-refractivity contribution in [3.05, 3.63) is 56.9 Å². The van der Waals surface area contributed by atoms with E-state index in [1.807, 2.05) is 6.92 Å². The fourth-order valence-corrected chi connectivity index (χ4v) is 4.44. The van der Waals surface area contributed by atoms with E-state index in [4.69, 9.17) is 14.5 Å². The maximum Gasteiger partial charge on any atom is 0.343 e. The van der Waals surface area contributed by atoms with Gasteiger partial charge in [-0.25, -0.2) is 9.78 Å². The Morgan fingerprint density at radius 2 is 2.10 bits per heavy atom. The summed E-state index contributed by atoms with van der Waals surface area (Å²) in [5, 5.41) is 21.5. The summed E-state index contributed by atoms with van der Waals surface area (Å²) in [7, 11) is 0. The monoisotopic (exact) mass is 417 g/mol. The van der Waals surface area contributed by atoms with Crippen LogP contribution in [0.25, 0.3) is 22.3 Å². The van der Waals surface area contributed by atoms with Gasteiger partial charge in [-0.15, -0.1) is 0 Å². The number of fused-ring (bicyclic) bond motifs is 5. The summed E-state index contributed by atoms with van der Waals surface area (Å²) in [6.45, 7) is 4.03. The molecular weight excluding hydrogens is 398 g/mol. The number of ether oxygens (including phenoxy) is 2. The number of aromatic nitrogens is 2. The molecule has 3 aromatic rings. The van der Waals surface area contributed by atoms with E-state index in [9.17, 15) is 20.0 Å². The first-order chi connectivity index (χ1) is 14.9. The number of cyclic esters (lactones) is 1. The standard InChI is InChI=1S/C23H19N3O5/c1-3-23(29)17-8-19-20-15(10-26(19)21(27)16(17)11-31-22(23)28)14(9-24)13-7-12(30-4-2)5-6-18(13)25-20/h5-8,29H,3-4,10-11H2,1-2H3. The Labute approximate surface area is 177 Å². The van der Waals surface area contributed by atoms with Gasteiger partial charge in [0.25, 0.3) is 5.56 Å². The van der Waals surface area contributed by atoms with Crippen LogP contribution in [0.15, 0.2) is 29.1 Å². The minimum absolute atomic E-state index is 0.0728. The fraction of sp³-hybridized carbons (Fsp3) is 0.304. The first-order valence-electron chi connectivity index (χ1n) is 10.1. The third kappa shape index (κ3) is 2.53. The SMILES string of the molecule is CCOc1ccc2nc3c(c(C#N)c2c1)Cn1c-3cc2c(c1=O)COC(=O)C2(O)CC. The maximum absolute atomic E-state index is 13.2. The normalized spacial score (nSPS) is 18.7. The molecule has 1 N–H and O–H groups in total. The second kappa shape index (κ2) is 6.65. The zero-order valence-electron chi connectivity index (χ0n) is 17.1. The number of hydrogen-bond acceptors (Lipinski definition) is 7. The molecule has 2 aromatic heterocycles. The van der Waals surface area contributed by atoms with Crippen molar-refractivity contribution in [2.24, 2.45) is 0 Å². The first kappa shape index (κ1) is 19.3. The molecular formula is C23H19N3O5. The average molecular weight is 417 g/mol. The van der Waals surface area contributed by atoms with Crippen molar-refractivity contribution in [3.8, 4) is 23.2 Å². The van der Waals surface area contributed by atoms with Gasteiger partial charge in [-0.2, -0.15) is 5.26 Å². The summed E-state index contributed by atoms with van der Waals surface area (Å²) >= 11 is 0. The van der Waals surface area contributed by atoms with Gasteiger partial charge < -0.3 is 19.1 Å². The summed E-state index contributed by atoms with van der Waals surface area (Å²) in [5.41, 5.74) is 0.918. The smallest absolute Gasteiger partial charge is 0.343 e. The molecule has 8 heteroatoms. The molecule has 0 spiro atoms. The van der Waals surface area contributed by atoms with Crippen LogP contribution in [0.4, 0.5) is 0 Å². The Morgan fingerprint density at radius 1 is 1.29 bits per heavy atom. The Morgan fingerprint density at radius 3 is 2.81 bits per heavy atom. The predicted octanol–water partition coefficient (Wildman–Crippen LogP) is 2.35. The molecule has 0 saturated heterocycles. The number of carbonyl (C=O) groups is 1. The minimum Gasteiger partial charge on any atom is -0.494 e. The van der Waals surface area contributed by atoms with Crippen LogP contribution in [0.2, 0.25) is 0 Å². The van der Waals surface area contributed by atoms with E-state index in [1.165, 1.54) is 4.57 Å². The van der Waals surface area contributed by atoms with Gasteiger partial charge in [0, 0.05) is 16.5 Å². The molecule has 0 bridgehead atoms. The second-order valence-electron chi connectivity index (χ2n) is 7.64. The molecule has 2 aliphatic rings.